The highest BCUT2D eigenvalue weighted by Gasteiger charge is 2.40. The van der Waals surface area contributed by atoms with Gasteiger partial charge < -0.3 is 14.6 Å². The molecule has 3 nitrogen and oxygen atoms in total. The summed E-state index contributed by atoms with van der Waals surface area (Å²) in [7, 11) is 1.71. The molecule has 3 heteroatoms. The van der Waals surface area contributed by atoms with Crippen molar-refractivity contribution < 1.29 is 14.6 Å². The summed E-state index contributed by atoms with van der Waals surface area (Å²) in [6.45, 7) is 3.84. The van der Waals surface area contributed by atoms with Gasteiger partial charge in [0.15, 0.2) is 0 Å². The van der Waals surface area contributed by atoms with E-state index in [1.54, 1.807) is 7.11 Å². The zero-order valence-corrected chi connectivity index (χ0v) is 8.58. The van der Waals surface area contributed by atoms with Crippen molar-refractivity contribution in [2.24, 2.45) is 5.41 Å². The van der Waals surface area contributed by atoms with Gasteiger partial charge in [-0.2, -0.15) is 0 Å². The molecule has 1 N–H and O–H groups in total. The van der Waals surface area contributed by atoms with Crippen LogP contribution in [0.4, 0.5) is 0 Å². The van der Waals surface area contributed by atoms with Crippen LogP contribution in [0, 0.1) is 5.41 Å². The zero-order chi connectivity index (χ0) is 9.73. The molecule has 0 bridgehead atoms. The lowest BCUT2D eigenvalue weighted by atomic mass is 9.78. The molecule has 0 spiro atoms. The third-order valence-corrected chi connectivity index (χ3v) is 3.17. The molecule has 78 valence electrons. The number of aliphatic hydroxyl groups is 1. The van der Waals surface area contributed by atoms with Gasteiger partial charge in [-0.15, -0.1) is 0 Å². The summed E-state index contributed by atoms with van der Waals surface area (Å²) in [5.74, 6) is 0. The summed E-state index contributed by atoms with van der Waals surface area (Å²) < 4.78 is 10.5. The number of rotatable bonds is 5. The summed E-state index contributed by atoms with van der Waals surface area (Å²) in [5, 5.41) is 9.37. The fourth-order valence-electron chi connectivity index (χ4n) is 2.00. The van der Waals surface area contributed by atoms with Crippen molar-refractivity contribution in [2.45, 2.75) is 32.3 Å². The molecule has 0 radical (unpaired) electrons. The quantitative estimate of drug-likeness (QED) is 0.659. The van der Waals surface area contributed by atoms with Gasteiger partial charge in [0, 0.05) is 25.7 Å². The summed E-state index contributed by atoms with van der Waals surface area (Å²) in [5.41, 5.74) is -0.00146. The van der Waals surface area contributed by atoms with Crippen LogP contribution in [0.1, 0.15) is 26.2 Å². The largest absolute Gasteiger partial charge is 0.396 e. The first-order valence-electron chi connectivity index (χ1n) is 4.96. The Hall–Kier alpha value is -0.120. The number of methoxy groups -OCH3 is 1. The maximum absolute atomic E-state index is 9.37. The Morgan fingerprint density at radius 2 is 2.38 bits per heavy atom. The molecular formula is C10H20O3. The number of aliphatic hydroxyl groups excluding tert-OH is 1. The first-order chi connectivity index (χ1) is 6.25. The Morgan fingerprint density at radius 1 is 1.62 bits per heavy atom. The molecule has 0 aromatic carbocycles. The van der Waals surface area contributed by atoms with E-state index in [1.807, 2.05) is 0 Å². The highest BCUT2D eigenvalue weighted by atomic mass is 16.5. The Kier molecular flexibility index (Phi) is 4.16. The van der Waals surface area contributed by atoms with Crippen LogP contribution in [-0.4, -0.2) is 38.1 Å². The molecule has 1 aliphatic heterocycles. The summed E-state index contributed by atoms with van der Waals surface area (Å²) in [6.07, 6.45) is 3.17. The molecule has 0 aliphatic carbocycles. The maximum atomic E-state index is 9.37. The minimum Gasteiger partial charge on any atom is -0.396 e. The summed E-state index contributed by atoms with van der Waals surface area (Å²) >= 11 is 0. The van der Waals surface area contributed by atoms with Gasteiger partial charge in [-0.1, -0.05) is 0 Å². The molecule has 2 unspecified atom stereocenters. The molecule has 0 saturated carbocycles. The number of ether oxygens (including phenoxy) is 2. The van der Waals surface area contributed by atoms with Crippen molar-refractivity contribution in [2.75, 3.05) is 26.9 Å². The fourth-order valence-corrected chi connectivity index (χ4v) is 2.00. The lowest BCUT2D eigenvalue weighted by Crippen LogP contribution is -2.32. The average Bonchev–Trinajstić information content (AvgIpc) is 2.49. The third kappa shape index (κ3) is 2.42. The van der Waals surface area contributed by atoms with E-state index < -0.39 is 0 Å². The Bertz CT molecular complexity index is 149. The van der Waals surface area contributed by atoms with Gasteiger partial charge in [-0.3, -0.25) is 0 Å². The Morgan fingerprint density at radius 3 is 2.85 bits per heavy atom. The van der Waals surface area contributed by atoms with Crippen LogP contribution in [0.15, 0.2) is 0 Å². The molecule has 1 rings (SSSR count). The average molecular weight is 188 g/mol. The van der Waals surface area contributed by atoms with E-state index in [-0.39, 0.29) is 18.1 Å². The van der Waals surface area contributed by atoms with Crippen LogP contribution < -0.4 is 0 Å². The molecule has 1 saturated heterocycles. The van der Waals surface area contributed by atoms with Crippen molar-refractivity contribution in [1.82, 2.24) is 0 Å². The van der Waals surface area contributed by atoms with Crippen LogP contribution in [0.3, 0.4) is 0 Å². The van der Waals surface area contributed by atoms with Crippen molar-refractivity contribution >= 4 is 0 Å². The summed E-state index contributed by atoms with van der Waals surface area (Å²) in [4.78, 5) is 0. The van der Waals surface area contributed by atoms with Crippen molar-refractivity contribution in [3.05, 3.63) is 0 Å². The first-order valence-corrected chi connectivity index (χ1v) is 4.96. The van der Waals surface area contributed by atoms with Gasteiger partial charge in [0.05, 0.1) is 12.7 Å². The number of hydrogen-bond acceptors (Lipinski definition) is 3. The van der Waals surface area contributed by atoms with Gasteiger partial charge in [-0.25, -0.2) is 0 Å². The first kappa shape index (κ1) is 11.0. The van der Waals surface area contributed by atoms with Gasteiger partial charge in [0.25, 0.3) is 0 Å². The molecule has 0 amide bonds. The van der Waals surface area contributed by atoms with E-state index in [4.69, 9.17) is 9.47 Å². The normalized spacial score (nSPS) is 33.9. The fraction of sp³-hybridized carbons (Fsp3) is 1.00. The van der Waals surface area contributed by atoms with E-state index >= 15 is 0 Å². The Balaban J connectivity index is 2.39. The molecule has 1 fully saturated rings. The molecule has 1 heterocycles. The minimum absolute atomic E-state index is 0.00146. The smallest absolute Gasteiger partial charge is 0.0625 e. The van der Waals surface area contributed by atoms with Crippen LogP contribution in [0.5, 0.6) is 0 Å². The van der Waals surface area contributed by atoms with Crippen LogP contribution >= 0.6 is 0 Å². The highest BCUT2D eigenvalue weighted by molar-refractivity contribution is 4.88. The van der Waals surface area contributed by atoms with Gasteiger partial charge in [-0.05, 0) is 26.2 Å². The van der Waals surface area contributed by atoms with E-state index in [0.717, 1.165) is 32.5 Å². The van der Waals surface area contributed by atoms with Gasteiger partial charge in [0.2, 0.25) is 0 Å². The predicted molar refractivity (Wildman–Crippen MR) is 50.7 cm³/mol. The topological polar surface area (TPSA) is 38.7 Å². The monoisotopic (exact) mass is 188 g/mol. The van der Waals surface area contributed by atoms with E-state index in [0.29, 0.717) is 0 Å². The zero-order valence-electron chi connectivity index (χ0n) is 8.58. The van der Waals surface area contributed by atoms with Gasteiger partial charge >= 0.3 is 0 Å². The minimum atomic E-state index is -0.00146. The van der Waals surface area contributed by atoms with Gasteiger partial charge in [0.1, 0.15) is 0 Å². The van der Waals surface area contributed by atoms with Crippen LogP contribution in [0.25, 0.3) is 0 Å². The lowest BCUT2D eigenvalue weighted by Gasteiger charge is -2.29. The maximum Gasteiger partial charge on any atom is 0.0625 e. The van der Waals surface area contributed by atoms with Crippen molar-refractivity contribution in [3.63, 3.8) is 0 Å². The second-order valence-electron chi connectivity index (χ2n) is 3.88. The second-order valence-corrected chi connectivity index (χ2v) is 3.88. The molecule has 0 aromatic rings. The molecule has 2 atom stereocenters. The van der Waals surface area contributed by atoms with E-state index in [2.05, 4.69) is 6.92 Å². The second kappa shape index (κ2) is 4.94. The van der Waals surface area contributed by atoms with E-state index in [1.165, 1.54) is 0 Å². The standard InChI is InChI=1S/C10H20O3/c1-9-10(8-11,5-7-13-9)4-3-6-12-2/h9,11H,3-8H2,1-2H3. The molecule has 13 heavy (non-hydrogen) atoms. The molecule has 1 aliphatic rings. The lowest BCUT2D eigenvalue weighted by molar-refractivity contribution is 0.0166. The van der Waals surface area contributed by atoms with Crippen molar-refractivity contribution in [1.29, 1.82) is 0 Å². The predicted octanol–water partition coefficient (Wildman–Crippen LogP) is 1.20. The van der Waals surface area contributed by atoms with Crippen LogP contribution in [0.2, 0.25) is 0 Å². The Labute approximate surface area is 80.0 Å². The third-order valence-electron chi connectivity index (χ3n) is 3.17. The highest BCUT2D eigenvalue weighted by Crippen LogP contribution is 2.38. The molecule has 0 aromatic heterocycles. The summed E-state index contributed by atoms with van der Waals surface area (Å²) in [6, 6.07) is 0. The van der Waals surface area contributed by atoms with Crippen molar-refractivity contribution in [3.8, 4) is 0 Å². The SMILES string of the molecule is COCCCC1(CO)CCOC1C. The molecular weight excluding hydrogens is 168 g/mol. The van der Waals surface area contributed by atoms with E-state index in [9.17, 15) is 5.11 Å². The number of hydrogen-bond donors (Lipinski definition) is 1. The van der Waals surface area contributed by atoms with Crippen LogP contribution in [-0.2, 0) is 9.47 Å².